The first-order chi connectivity index (χ1) is 9.99. The Bertz CT molecular complexity index is 401. The lowest BCUT2D eigenvalue weighted by Crippen LogP contribution is -2.46. The van der Waals surface area contributed by atoms with Crippen molar-refractivity contribution in [3.63, 3.8) is 0 Å². The molecular weight excluding hydrogens is 258 g/mol. The molecule has 0 aliphatic heterocycles. The summed E-state index contributed by atoms with van der Waals surface area (Å²) in [6.07, 6.45) is 6.67. The van der Waals surface area contributed by atoms with Gasteiger partial charge in [-0.3, -0.25) is 0 Å². The van der Waals surface area contributed by atoms with Crippen LogP contribution in [0, 0.1) is 5.41 Å². The molecule has 0 unspecified atom stereocenters. The van der Waals surface area contributed by atoms with Gasteiger partial charge in [-0.15, -0.1) is 0 Å². The Balaban J connectivity index is 1.87. The highest BCUT2D eigenvalue weighted by atomic mass is 16.5. The predicted molar refractivity (Wildman–Crippen MR) is 89.4 cm³/mol. The molecule has 118 valence electrons. The summed E-state index contributed by atoms with van der Waals surface area (Å²) in [7, 11) is 0. The molecule has 1 saturated carbocycles. The van der Waals surface area contributed by atoms with Crippen LogP contribution in [0.15, 0.2) is 30.3 Å². The molecule has 1 fully saturated rings. The first-order valence-corrected chi connectivity index (χ1v) is 8.36. The highest BCUT2D eigenvalue weighted by Crippen LogP contribution is 2.36. The van der Waals surface area contributed by atoms with E-state index in [0.717, 1.165) is 19.8 Å². The number of nitrogens with one attached hydrogen (secondary N) is 1. The van der Waals surface area contributed by atoms with Crippen LogP contribution in [-0.2, 0) is 11.3 Å². The maximum Gasteiger partial charge on any atom is 0.0717 e. The Kier molecular flexibility index (Phi) is 5.83. The van der Waals surface area contributed by atoms with E-state index in [-0.39, 0.29) is 5.54 Å². The average Bonchev–Trinajstić information content (AvgIpc) is 2.47. The molecule has 1 N–H and O–H groups in total. The van der Waals surface area contributed by atoms with Crippen molar-refractivity contribution in [3.05, 3.63) is 35.9 Å². The first-order valence-electron chi connectivity index (χ1n) is 8.36. The van der Waals surface area contributed by atoms with Crippen molar-refractivity contribution in [2.75, 3.05) is 13.2 Å². The van der Waals surface area contributed by atoms with Crippen LogP contribution in [0.25, 0.3) is 0 Å². The van der Waals surface area contributed by atoms with Gasteiger partial charge >= 0.3 is 0 Å². The van der Waals surface area contributed by atoms with E-state index >= 15 is 0 Å². The third-order valence-corrected chi connectivity index (χ3v) is 4.43. The minimum Gasteiger partial charge on any atom is -0.376 e. The van der Waals surface area contributed by atoms with E-state index < -0.39 is 0 Å². The minimum absolute atomic E-state index is 0.184. The Hall–Kier alpha value is -0.860. The first kappa shape index (κ1) is 16.5. The van der Waals surface area contributed by atoms with Crippen LogP contribution in [0.4, 0.5) is 0 Å². The molecule has 0 bridgehead atoms. The quantitative estimate of drug-likeness (QED) is 0.830. The average molecular weight is 289 g/mol. The molecule has 0 spiro atoms. The second kappa shape index (κ2) is 7.42. The molecular formula is C19H31NO. The summed E-state index contributed by atoms with van der Waals surface area (Å²) in [6, 6.07) is 10.5. The van der Waals surface area contributed by atoms with Gasteiger partial charge in [-0.2, -0.15) is 0 Å². The molecule has 21 heavy (non-hydrogen) atoms. The molecule has 0 saturated heterocycles. The molecule has 0 amide bonds. The van der Waals surface area contributed by atoms with Gasteiger partial charge in [0.15, 0.2) is 0 Å². The number of benzene rings is 1. The molecule has 1 aromatic carbocycles. The van der Waals surface area contributed by atoms with Crippen LogP contribution in [0.5, 0.6) is 0 Å². The van der Waals surface area contributed by atoms with Gasteiger partial charge in [0, 0.05) is 17.5 Å². The number of hydrogen-bond donors (Lipinski definition) is 1. The van der Waals surface area contributed by atoms with Gasteiger partial charge in [0.1, 0.15) is 0 Å². The maximum absolute atomic E-state index is 6.09. The van der Waals surface area contributed by atoms with Gasteiger partial charge in [-0.1, -0.05) is 49.6 Å². The van der Waals surface area contributed by atoms with Crippen LogP contribution in [0.1, 0.15) is 58.4 Å². The van der Waals surface area contributed by atoms with Gasteiger partial charge in [-0.05, 0) is 39.2 Å². The van der Waals surface area contributed by atoms with E-state index in [1.807, 2.05) is 0 Å². The summed E-state index contributed by atoms with van der Waals surface area (Å²) in [6.45, 7) is 9.42. The fourth-order valence-corrected chi connectivity index (χ4v) is 3.09. The lowest BCUT2D eigenvalue weighted by Gasteiger charge is -2.39. The zero-order valence-corrected chi connectivity index (χ0v) is 14.0. The normalized spacial score (nSPS) is 18.6. The minimum atomic E-state index is 0.184. The second-order valence-corrected chi connectivity index (χ2v) is 7.64. The number of hydrogen-bond acceptors (Lipinski definition) is 2. The van der Waals surface area contributed by atoms with Crippen molar-refractivity contribution in [1.29, 1.82) is 0 Å². The Morgan fingerprint density at radius 1 is 1.05 bits per heavy atom. The SMILES string of the molecule is CC(C)(C)NCC1(COCc2ccccc2)CCCCC1. The summed E-state index contributed by atoms with van der Waals surface area (Å²) in [5, 5.41) is 3.70. The predicted octanol–water partition coefficient (Wildman–Crippen LogP) is 4.54. The third-order valence-electron chi connectivity index (χ3n) is 4.43. The summed E-state index contributed by atoms with van der Waals surface area (Å²) in [5.41, 5.74) is 1.79. The fraction of sp³-hybridized carbons (Fsp3) is 0.684. The highest BCUT2D eigenvalue weighted by Gasteiger charge is 2.33. The van der Waals surface area contributed by atoms with E-state index in [1.54, 1.807) is 0 Å². The van der Waals surface area contributed by atoms with E-state index in [0.29, 0.717) is 5.41 Å². The number of ether oxygens (including phenoxy) is 1. The summed E-state index contributed by atoms with van der Waals surface area (Å²) >= 11 is 0. The van der Waals surface area contributed by atoms with E-state index in [4.69, 9.17) is 4.74 Å². The van der Waals surface area contributed by atoms with E-state index in [9.17, 15) is 0 Å². The monoisotopic (exact) mass is 289 g/mol. The van der Waals surface area contributed by atoms with Crippen LogP contribution >= 0.6 is 0 Å². The van der Waals surface area contributed by atoms with Crippen molar-refractivity contribution in [3.8, 4) is 0 Å². The molecule has 0 radical (unpaired) electrons. The van der Waals surface area contributed by atoms with Crippen molar-refractivity contribution in [2.45, 2.75) is 65.0 Å². The van der Waals surface area contributed by atoms with Gasteiger partial charge in [0.2, 0.25) is 0 Å². The van der Waals surface area contributed by atoms with Crippen molar-refractivity contribution >= 4 is 0 Å². The van der Waals surface area contributed by atoms with Gasteiger partial charge in [-0.25, -0.2) is 0 Å². The lowest BCUT2D eigenvalue weighted by atomic mass is 9.74. The largest absolute Gasteiger partial charge is 0.376 e. The Morgan fingerprint density at radius 3 is 2.33 bits per heavy atom. The van der Waals surface area contributed by atoms with Crippen molar-refractivity contribution in [2.24, 2.45) is 5.41 Å². The van der Waals surface area contributed by atoms with E-state index in [2.05, 4.69) is 56.4 Å². The molecule has 1 aromatic rings. The molecule has 1 aliphatic rings. The van der Waals surface area contributed by atoms with Crippen LogP contribution in [-0.4, -0.2) is 18.7 Å². The number of rotatable bonds is 6. The molecule has 2 rings (SSSR count). The zero-order valence-electron chi connectivity index (χ0n) is 14.0. The maximum atomic E-state index is 6.09. The van der Waals surface area contributed by atoms with Gasteiger partial charge < -0.3 is 10.1 Å². The Labute approximate surface area is 130 Å². The van der Waals surface area contributed by atoms with Crippen LogP contribution < -0.4 is 5.32 Å². The topological polar surface area (TPSA) is 21.3 Å². The molecule has 2 heteroatoms. The van der Waals surface area contributed by atoms with E-state index in [1.165, 1.54) is 37.7 Å². The highest BCUT2D eigenvalue weighted by molar-refractivity contribution is 5.13. The summed E-state index contributed by atoms with van der Waals surface area (Å²) in [5.74, 6) is 0. The summed E-state index contributed by atoms with van der Waals surface area (Å²) in [4.78, 5) is 0. The summed E-state index contributed by atoms with van der Waals surface area (Å²) < 4.78 is 6.09. The van der Waals surface area contributed by atoms with Gasteiger partial charge in [0.05, 0.1) is 13.2 Å². The van der Waals surface area contributed by atoms with Crippen LogP contribution in [0.2, 0.25) is 0 Å². The van der Waals surface area contributed by atoms with Gasteiger partial charge in [0.25, 0.3) is 0 Å². The third kappa shape index (κ3) is 5.80. The smallest absolute Gasteiger partial charge is 0.0717 e. The standard InChI is InChI=1S/C19H31NO/c1-18(2,3)20-15-19(12-8-5-9-13-19)16-21-14-17-10-6-4-7-11-17/h4,6-7,10-11,20H,5,8-9,12-16H2,1-3H3. The Morgan fingerprint density at radius 2 is 1.71 bits per heavy atom. The van der Waals surface area contributed by atoms with Crippen molar-refractivity contribution < 1.29 is 4.74 Å². The molecule has 1 aliphatic carbocycles. The zero-order chi connectivity index (χ0) is 15.2. The lowest BCUT2D eigenvalue weighted by molar-refractivity contribution is 0.00834. The van der Waals surface area contributed by atoms with Crippen LogP contribution in [0.3, 0.4) is 0 Å². The molecule has 0 aromatic heterocycles. The fourth-order valence-electron chi connectivity index (χ4n) is 3.09. The molecule has 0 heterocycles. The van der Waals surface area contributed by atoms with Crippen molar-refractivity contribution in [1.82, 2.24) is 5.32 Å². The molecule has 0 atom stereocenters. The molecule has 2 nitrogen and oxygen atoms in total. The second-order valence-electron chi connectivity index (χ2n) is 7.64.